The minimum Gasteiger partial charge on any atom is -0.489 e. The van der Waals surface area contributed by atoms with Gasteiger partial charge in [-0.2, -0.15) is 0 Å². The maximum absolute atomic E-state index is 12.3. The number of esters is 1. The third-order valence-corrected chi connectivity index (χ3v) is 5.34. The standard InChI is InChI=1S/C27H28N2O5/c1-18(16-31-2)34-26(30)14-20-6-3-4-9-25(20)33-17-19-12-21-10-11-32-27(21)23(13-19)24-8-5-7-22(15-28)29-24/h3-13,18H,14-17,28H2,1-2H3. The Bertz CT molecular complexity index is 1270. The Morgan fingerprint density at radius 3 is 2.79 bits per heavy atom. The van der Waals surface area contributed by atoms with Crippen molar-refractivity contribution in [2.45, 2.75) is 32.6 Å². The van der Waals surface area contributed by atoms with Crippen LogP contribution in [0, 0.1) is 0 Å². The Morgan fingerprint density at radius 1 is 1.12 bits per heavy atom. The fourth-order valence-corrected chi connectivity index (χ4v) is 3.80. The fraction of sp³-hybridized carbons (Fsp3) is 0.259. The molecule has 4 rings (SSSR count). The van der Waals surface area contributed by atoms with Crippen molar-refractivity contribution in [3.05, 3.63) is 83.7 Å². The highest BCUT2D eigenvalue weighted by molar-refractivity contribution is 5.92. The molecule has 176 valence electrons. The van der Waals surface area contributed by atoms with Gasteiger partial charge in [0, 0.05) is 30.2 Å². The van der Waals surface area contributed by atoms with Crippen LogP contribution in [0.4, 0.5) is 0 Å². The molecule has 7 nitrogen and oxygen atoms in total. The maximum atomic E-state index is 12.3. The Hall–Kier alpha value is -3.68. The number of nitrogens with two attached hydrogens (primary N) is 1. The van der Waals surface area contributed by atoms with Gasteiger partial charge in [0.2, 0.25) is 0 Å². The number of benzene rings is 2. The first kappa shape index (κ1) is 23.5. The van der Waals surface area contributed by atoms with Gasteiger partial charge in [0.05, 0.1) is 30.7 Å². The predicted molar refractivity (Wildman–Crippen MR) is 129 cm³/mol. The molecule has 7 heteroatoms. The molecule has 0 radical (unpaired) electrons. The third-order valence-electron chi connectivity index (χ3n) is 5.34. The molecule has 0 bridgehead atoms. The van der Waals surface area contributed by atoms with E-state index in [4.69, 9.17) is 24.4 Å². The predicted octanol–water partition coefficient (Wildman–Crippen LogP) is 4.65. The van der Waals surface area contributed by atoms with Gasteiger partial charge in [-0.3, -0.25) is 9.78 Å². The first-order chi connectivity index (χ1) is 16.6. The number of methoxy groups -OCH3 is 1. The van der Waals surface area contributed by atoms with Gasteiger partial charge in [0.1, 0.15) is 24.0 Å². The van der Waals surface area contributed by atoms with Gasteiger partial charge >= 0.3 is 5.97 Å². The Morgan fingerprint density at radius 2 is 1.97 bits per heavy atom. The van der Waals surface area contributed by atoms with Crippen LogP contribution in [0.1, 0.15) is 23.7 Å². The number of aromatic nitrogens is 1. The number of carbonyl (C=O) groups is 1. The van der Waals surface area contributed by atoms with Gasteiger partial charge < -0.3 is 24.4 Å². The van der Waals surface area contributed by atoms with Crippen molar-refractivity contribution < 1.29 is 23.4 Å². The van der Waals surface area contributed by atoms with Crippen molar-refractivity contribution in [2.75, 3.05) is 13.7 Å². The van der Waals surface area contributed by atoms with Crippen LogP contribution in [0.3, 0.4) is 0 Å². The minimum absolute atomic E-state index is 0.117. The van der Waals surface area contributed by atoms with Gasteiger partial charge in [0.25, 0.3) is 0 Å². The number of fused-ring (bicyclic) bond motifs is 1. The summed E-state index contributed by atoms with van der Waals surface area (Å²) in [5.74, 6) is 0.310. The summed E-state index contributed by atoms with van der Waals surface area (Å²) in [6.07, 6.45) is 1.47. The van der Waals surface area contributed by atoms with Crippen molar-refractivity contribution in [1.29, 1.82) is 0 Å². The summed E-state index contributed by atoms with van der Waals surface area (Å²) < 4.78 is 22.3. The molecular formula is C27H28N2O5. The number of pyridine rings is 1. The number of rotatable bonds is 10. The fourth-order valence-electron chi connectivity index (χ4n) is 3.80. The Labute approximate surface area is 198 Å². The normalized spacial score (nSPS) is 12.0. The molecule has 0 spiro atoms. The molecule has 0 aliphatic rings. The van der Waals surface area contributed by atoms with E-state index in [1.54, 1.807) is 20.3 Å². The van der Waals surface area contributed by atoms with E-state index in [0.29, 0.717) is 25.5 Å². The SMILES string of the molecule is COCC(C)OC(=O)Cc1ccccc1OCc1cc(-c2cccc(CN)n2)c2occc2c1. The molecule has 1 atom stereocenters. The van der Waals surface area contributed by atoms with Crippen LogP contribution < -0.4 is 10.5 Å². The second-order valence-electron chi connectivity index (χ2n) is 8.03. The highest BCUT2D eigenvalue weighted by Crippen LogP contribution is 2.31. The van der Waals surface area contributed by atoms with Crippen LogP contribution in [-0.4, -0.2) is 30.8 Å². The number of hydrogen-bond acceptors (Lipinski definition) is 7. The summed E-state index contributed by atoms with van der Waals surface area (Å²) in [6, 6.07) is 19.2. The van der Waals surface area contributed by atoms with Gasteiger partial charge in [0.15, 0.2) is 0 Å². The number of furan rings is 1. The summed E-state index contributed by atoms with van der Waals surface area (Å²) in [7, 11) is 1.57. The zero-order chi connectivity index (χ0) is 23.9. The lowest BCUT2D eigenvalue weighted by atomic mass is 10.0. The average Bonchev–Trinajstić information content (AvgIpc) is 3.32. The first-order valence-corrected chi connectivity index (χ1v) is 11.1. The van der Waals surface area contributed by atoms with Crippen LogP contribution >= 0.6 is 0 Å². The molecule has 0 saturated carbocycles. The van der Waals surface area contributed by atoms with Gasteiger partial charge in [-0.1, -0.05) is 24.3 Å². The molecule has 0 aliphatic heterocycles. The van der Waals surface area contributed by atoms with Gasteiger partial charge in [-0.05, 0) is 48.9 Å². The molecule has 2 heterocycles. The average molecular weight is 461 g/mol. The van der Waals surface area contributed by atoms with Crippen molar-refractivity contribution in [3.63, 3.8) is 0 Å². The van der Waals surface area contributed by atoms with Crippen LogP contribution in [0.5, 0.6) is 5.75 Å². The quantitative estimate of drug-likeness (QED) is 0.344. The van der Waals surface area contributed by atoms with Crippen LogP contribution in [-0.2, 0) is 33.8 Å². The highest BCUT2D eigenvalue weighted by atomic mass is 16.6. The maximum Gasteiger partial charge on any atom is 0.310 e. The molecule has 0 fully saturated rings. The number of carbonyl (C=O) groups excluding carboxylic acids is 1. The second-order valence-corrected chi connectivity index (χ2v) is 8.03. The molecule has 0 saturated heterocycles. The van der Waals surface area contributed by atoms with Gasteiger partial charge in [-0.15, -0.1) is 0 Å². The van der Waals surface area contributed by atoms with Crippen LogP contribution in [0.25, 0.3) is 22.2 Å². The van der Waals surface area contributed by atoms with Crippen molar-refractivity contribution in [3.8, 4) is 17.0 Å². The summed E-state index contributed by atoms with van der Waals surface area (Å²) >= 11 is 0. The summed E-state index contributed by atoms with van der Waals surface area (Å²) in [4.78, 5) is 17.0. The zero-order valence-electron chi connectivity index (χ0n) is 19.3. The van der Waals surface area contributed by atoms with Gasteiger partial charge in [-0.25, -0.2) is 0 Å². The number of nitrogens with zero attached hydrogens (tertiary/aromatic N) is 1. The number of ether oxygens (including phenoxy) is 3. The molecule has 1 unspecified atom stereocenters. The van der Waals surface area contributed by atoms with E-state index in [1.165, 1.54) is 0 Å². The van der Waals surface area contributed by atoms with Crippen molar-refractivity contribution >= 4 is 16.9 Å². The summed E-state index contributed by atoms with van der Waals surface area (Å²) in [6.45, 7) is 2.83. The lowest BCUT2D eigenvalue weighted by Crippen LogP contribution is -2.21. The van der Waals surface area contributed by atoms with E-state index in [0.717, 1.165) is 39.0 Å². The summed E-state index contributed by atoms with van der Waals surface area (Å²) in [5, 5.41) is 0.958. The van der Waals surface area contributed by atoms with E-state index >= 15 is 0 Å². The second kappa shape index (κ2) is 11.0. The first-order valence-electron chi connectivity index (χ1n) is 11.1. The Kier molecular flexibility index (Phi) is 7.57. The molecule has 34 heavy (non-hydrogen) atoms. The molecule has 2 N–H and O–H groups in total. The highest BCUT2D eigenvalue weighted by Gasteiger charge is 2.15. The lowest BCUT2D eigenvalue weighted by molar-refractivity contribution is -0.149. The number of hydrogen-bond donors (Lipinski definition) is 1. The topological polar surface area (TPSA) is 96.8 Å². The largest absolute Gasteiger partial charge is 0.489 e. The molecule has 0 amide bonds. The van der Waals surface area contributed by atoms with E-state index in [9.17, 15) is 4.79 Å². The number of para-hydroxylation sites is 1. The molecule has 2 aromatic carbocycles. The molecule has 0 aliphatic carbocycles. The smallest absolute Gasteiger partial charge is 0.310 e. The Balaban J connectivity index is 1.54. The van der Waals surface area contributed by atoms with E-state index in [-0.39, 0.29) is 18.5 Å². The molecular weight excluding hydrogens is 432 g/mol. The molecule has 2 aromatic heterocycles. The third kappa shape index (κ3) is 5.62. The van der Waals surface area contributed by atoms with Crippen LogP contribution in [0.15, 0.2) is 71.3 Å². The van der Waals surface area contributed by atoms with Crippen molar-refractivity contribution in [2.24, 2.45) is 5.73 Å². The van der Waals surface area contributed by atoms with E-state index < -0.39 is 0 Å². The van der Waals surface area contributed by atoms with Crippen LogP contribution in [0.2, 0.25) is 0 Å². The van der Waals surface area contributed by atoms with E-state index in [1.807, 2.05) is 60.7 Å². The monoisotopic (exact) mass is 460 g/mol. The zero-order valence-corrected chi connectivity index (χ0v) is 19.3. The minimum atomic E-state index is -0.325. The summed E-state index contributed by atoms with van der Waals surface area (Å²) in [5.41, 5.74) is 10.7. The lowest BCUT2D eigenvalue weighted by Gasteiger charge is -2.14. The van der Waals surface area contributed by atoms with Crippen molar-refractivity contribution in [1.82, 2.24) is 4.98 Å². The molecule has 4 aromatic rings. The van der Waals surface area contributed by atoms with E-state index in [2.05, 4.69) is 4.98 Å².